The smallest absolute Gasteiger partial charge is 0.271 e. The average molecular weight is 280 g/mol. The highest BCUT2D eigenvalue weighted by Gasteiger charge is 2.17. The van der Waals surface area contributed by atoms with Crippen molar-refractivity contribution in [3.8, 4) is 10.8 Å². The Morgan fingerprint density at radius 3 is 3.05 bits per heavy atom. The Morgan fingerprint density at radius 1 is 1.63 bits per heavy atom. The van der Waals surface area contributed by atoms with E-state index in [1.165, 1.54) is 11.3 Å². The largest absolute Gasteiger partial charge is 0.462 e. The molecule has 19 heavy (non-hydrogen) atoms. The maximum Gasteiger partial charge on any atom is 0.271 e. The number of aliphatic hydroxyl groups excluding tert-OH is 1. The van der Waals surface area contributed by atoms with Crippen LogP contribution in [0.25, 0.3) is 10.8 Å². The van der Waals surface area contributed by atoms with Crippen molar-refractivity contribution < 1.29 is 14.3 Å². The van der Waals surface area contributed by atoms with Gasteiger partial charge in [0.15, 0.2) is 10.8 Å². The van der Waals surface area contributed by atoms with Gasteiger partial charge in [0.2, 0.25) is 0 Å². The molecule has 1 unspecified atom stereocenters. The standard InChI is InChI=1S/C13H16N2O3S/c1-8(16)5-6-14-12(17)11-9(2)19-13(15-11)10-4-3-7-18-10/h3-4,7-8,16H,5-6H2,1-2H3,(H,14,17). The van der Waals surface area contributed by atoms with Crippen LogP contribution in [0, 0.1) is 6.92 Å². The monoisotopic (exact) mass is 280 g/mol. The first-order valence-corrected chi connectivity index (χ1v) is 6.87. The second kappa shape index (κ2) is 5.99. The van der Waals surface area contributed by atoms with E-state index in [0.29, 0.717) is 29.4 Å². The van der Waals surface area contributed by atoms with Gasteiger partial charge in [-0.15, -0.1) is 11.3 Å². The molecule has 2 aromatic rings. The van der Waals surface area contributed by atoms with Crippen LogP contribution >= 0.6 is 11.3 Å². The predicted octanol–water partition coefficient (Wildman–Crippen LogP) is 2.21. The summed E-state index contributed by atoms with van der Waals surface area (Å²) in [6.07, 6.45) is 1.68. The van der Waals surface area contributed by atoms with Gasteiger partial charge in [-0.05, 0) is 32.4 Å². The molecule has 1 amide bonds. The van der Waals surface area contributed by atoms with Crippen LogP contribution < -0.4 is 5.32 Å². The summed E-state index contributed by atoms with van der Waals surface area (Å²) in [6.45, 7) is 3.98. The van der Waals surface area contributed by atoms with Crippen LogP contribution in [0.1, 0.15) is 28.7 Å². The minimum atomic E-state index is -0.421. The van der Waals surface area contributed by atoms with Crippen molar-refractivity contribution in [3.63, 3.8) is 0 Å². The summed E-state index contributed by atoms with van der Waals surface area (Å²) in [5.41, 5.74) is 0.419. The van der Waals surface area contributed by atoms with Crippen molar-refractivity contribution in [2.24, 2.45) is 0 Å². The molecule has 1 atom stereocenters. The number of aliphatic hydroxyl groups is 1. The van der Waals surface area contributed by atoms with Crippen molar-refractivity contribution in [1.29, 1.82) is 0 Å². The molecule has 5 nitrogen and oxygen atoms in total. The molecule has 0 saturated carbocycles. The van der Waals surface area contributed by atoms with Gasteiger partial charge in [-0.3, -0.25) is 4.79 Å². The highest BCUT2D eigenvalue weighted by molar-refractivity contribution is 7.15. The number of carbonyl (C=O) groups excluding carboxylic acids is 1. The first-order chi connectivity index (χ1) is 9.08. The Hall–Kier alpha value is -1.66. The van der Waals surface area contributed by atoms with Crippen LogP contribution in [-0.4, -0.2) is 28.6 Å². The molecule has 102 valence electrons. The lowest BCUT2D eigenvalue weighted by Gasteiger charge is -2.05. The number of furan rings is 1. The molecule has 0 saturated heterocycles. The van der Waals surface area contributed by atoms with Gasteiger partial charge in [0.05, 0.1) is 12.4 Å². The van der Waals surface area contributed by atoms with Crippen LogP contribution in [0.3, 0.4) is 0 Å². The third-order valence-corrected chi connectivity index (χ3v) is 3.58. The molecule has 2 aromatic heterocycles. The van der Waals surface area contributed by atoms with Gasteiger partial charge in [0.25, 0.3) is 5.91 Å². The lowest BCUT2D eigenvalue weighted by atomic mass is 10.3. The van der Waals surface area contributed by atoms with Gasteiger partial charge in [-0.25, -0.2) is 4.98 Å². The second-order valence-electron chi connectivity index (χ2n) is 4.29. The predicted molar refractivity (Wildman–Crippen MR) is 73.2 cm³/mol. The molecule has 0 aromatic carbocycles. The van der Waals surface area contributed by atoms with E-state index in [-0.39, 0.29) is 5.91 Å². The van der Waals surface area contributed by atoms with Crippen molar-refractivity contribution >= 4 is 17.2 Å². The van der Waals surface area contributed by atoms with Crippen molar-refractivity contribution in [3.05, 3.63) is 29.0 Å². The van der Waals surface area contributed by atoms with Crippen molar-refractivity contribution in [1.82, 2.24) is 10.3 Å². The first-order valence-electron chi connectivity index (χ1n) is 6.05. The molecular formula is C13H16N2O3S. The molecular weight excluding hydrogens is 264 g/mol. The summed E-state index contributed by atoms with van der Waals surface area (Å²) in [6, 6.07) is 3.60. The minimum absolute atomic E-state index is 0.216. The van der Waals surface area contributed by atoms with E-state index in [0.717, 1.165) is 4.88 Å². The van der Waals surface area contributed by atoms with Crippen molar-refractivity contribution in [2.45, 2.75) is 26.4 Å². The van der Waals surface area contributed by atoms with E-state index in [9.17, 15) is 4.79 Å². The number of amides is 1. The molecule has 2 heterocycles. The topological polar surface area (TPSA) is 75.4 Å². The Kier molecular flexibility index (Phi) is 4.34. The van der Waals surface area contributed by atoms with Gasteiger partial charge in [0.1, 0.15) is 5.69 Å². The number of carbonyl (C=O) groups is 1. The number of rotatable bonds is 5. The lowest BCUT2D eigenvalue weighted by molar-refractivity contribution is 0.0941. The van der Waals surface area contributed by atoms with Crippen LogP contribution in [0.4, 0.5) is 0 Å². The number of nitrogens with one attached hydrogen (secondary N) is 1. The molecule has 2 rings (SSSR count). The minimum Gasteiger partial charge on any atom is -0.462 e. The van der Waals surface area contributed by atoms with E-state index < -0.39 is 6.10 Å². The Labute approximate surface area is 115 Å². The van der Waals surface area contributed by atoms with E-state index in [1.807, 2.05) is 13.0 Å². The molecule has 0 aliphatic heterocycles. The summed E-state index contributed by atoms with van der Waals surface area (Å²) >= 11 is 1.43. The van der Waals surface area contributed by atoms with E-state index >= 15 is 0 Å². The van der Waals surface area contributed by atoms with E-state index in [4.69, 9.17) is 9.52 Å². The fourth-order valence-corrected chi connectivity index (χ4v) is 2.47. The molecule has 0 radical (unpaired) electrons. The highest BCUT2D eigenvalue weighted by atomic mass is 32.1. The fraction of sp³-hybridized carbons (Fsp3) is 0.385. The molecule has 0 aliphatic rings. The molecule has 0 bridgehead atoms. The van der Waals surface area contributed by atoms with Crippen molar-refractivity contribution in [2.75, 3.05) is 6.54 Å². The van der Waals surface area contributed by atoms with E-state index in [1.54, 1.807) is 19.3 Å². The van der Waals surface area contributed by atoms with E-state index in [2.05, 4.69) is 10.3 Å². The van der Waals surface area contributed by atoms with Crippen LogP contribution in [0.5, 0.6) is 0 Å². The van der Waals surface area contributed by atoms with Gasteiger partial charge in [0, 0.05) is 11.4 Å². The number of hydrogen-bond donors (Lipinski definition) is 2. The molecule has 0 spiro atoms. The third-order valence-electron chi connectivity index (χ3n) is 2.59. The number of hydrogen-bond acceptors (Lipinski definition) is 5. The van der Waals surface area contributed by atoms with Gasteiger partial charge in [-0.2, -0.15) is 0 Å². The summed E-state index contributed by atoms with van der Waals surface area (Å²) in [5, 5.41) is 12.6. The maximum absolute atomic E-state index is 12.0. The SMILES string of the molecule is Cc1sc(-c2ccco2)nc1C(=O)NCCC(C)O. The number of aryl methyl sites for hydroxylation is 1. The zero-order valence-electron chi connectivity index (χ0n) is 10.8. The normalized spacial score (nSPS) is 12.4. The first kappa shape index (κ1) is 13.8. The fourth-order valence-electron chi connectivity index (χ4n) is 1.59. The maximum atomic E-state index is 12.0. The summed E-state index contributed by atoms with van der Waals surface area (Å²) in [7, 11) is 0. The molecule has 6 heteroatoms. The van der Waals surface area contributed by atoms with Crippen LogP contribution in [-0.2, 0) is 0 Å². The molecule has 2 N–H and O–H groups in total. The van der Waals surface area contributed by atoms with Gasteiger partial charge < -0.3 is 14.8 Å². The third kappa shape index (κ3) is 3.42. The van der Waals surface area contributed by atoms with Crippen LogP contribution in [0.15, 0.2) is 22.8 Å². The number of thiazole rings is 1. The number of aromatic nitrogens is 1. The molecule has 0 fully saturated rings. The Balaban J connectivity index is 2.06. The summed E-state index contributed by atoms with van der Waals surface area (Å²) in [4.78, 5) is 17.1. The second-order valence-corrected chi connectivity index (χ2v) is 5.50. The highest BCUT2D eigenvalue weighted by Crippen LogP contribution is 2.27. The summed E-state index contributed by atoms with van der Waals surface area (Å²) < 4.78 is 5.26. The molecule has 0 aliphatic carbocycles. The Bertz CT molecular complexity index is 546. The zero-order chi connectivity index (χ0) is 13.8. The van der Waals surface area contributed by atoms with Crippen LogP contribution in [0.2, 0.25) is 0 Å². The Morgan fingerprint density at radius 2 is 2.42 bits per heavy atom. The lowest BCUT2D eigenvalue weighted by Crippen LogP contribution is -2.27. The van der Waals surface area contributed by atoms with Gasteiger partial charge >= 0.3 is 0 Å². The number of nitrogens with zero attached hydrogens (tertiary/aromatic N) is 1. The zero-order valence-corrected chi connectivity index (χ0v) is 11.7. The quantitative estimate of drug-likeness (QED) is 0.880. The average Bonchev–Trinajstić information content (AvgIpc) is 2.96. The van der Waals surface area contributed by atoms with Gasteiger partial charge in [-0.1, -0.05) is 0 Å². The summed E-state index contributed by atoms with van der Waals surface area (Å²) in [5.74, 6) is 0.448.